The Kier molecular flexibility index (Phi) is 3.93. The van der Waals surface area contributed by atoms with E-state index in [9.17, 15) is 9.59 Å². The molecule has 0 aromatic rings. The molecule has 0 aliphatic carbocycles. The highest BCUT2D eigenvalue weighted by molar-refractivity contribution is 5.87. The van der Waals surface area contributed by atoms with Gasteiger partial charge in [-0.25, -0.2) is 4.79 Å². The summed E-state index contributed by atoms with van der Waals surface area (Å²) in [7, 11) is 1.35. The lowest BCUT2D eigenvalue weighted by Crippen LogP contribution is -2.27. The van der Waals surface area contributed by atoms with E-state index < -0.39 is 5.97 Å². The molecular formula is C11H17NO4. The average molecular weight is 227 g/mol. The van der Waals surface area contributed by atoms with Crippen molar-refractivity contribution in [1.29, 1.82) is 0 Å². The van der Waals surface area contributed by atoms with E-state index >= 15 is 0 Å². The monoisotopic (exact) mass is 227 g/mol. The highest BCUT2D eigenvalue weighted by atomic mass is 16.5. The Morgan fingerprint density at radius 2 is 2.12 bits per heavy atom. The van der Waals surface area contributed by atoms with E-state index in [1.54, 1.807) is 6.92 Å². The lowest BCUT2D eigenvalue weighted by atomic mass is 9.91. The number of carbonyl (C=O) groups is 2. The van der Waals surface area contributed by atoms with Gasteiger partial charge in [0.05, 0.1) is 7.11 Å². The van der Waals surface area contributed by atoms with Crippen LogP contribution in [0, 0.1) is 5.92 Å². The molecule has 0 aromatic carbocycles. The van der Waals surface area contributed by atoms with E-state index in [4.69, 9.17) is 5.11 Å². The minimum Gasteiger partial charge on any atom is -0.477 e. The Labute approximate surface area is 94.5 Å². The number of hydrogen-bond acceptors (Lipinski definition) is 4. The summed E-state index contributed by atoms with van der Waals surface area (Å²) in [6.45, 7) is 3.71. The predicted molar refractivity (Wildman–Crippen MR) is 57.7 cm³/mol. The molecule has 0 spiro atoms. The largest absolute Gasteiger partial charge is 0.477 e. The number of esters is 1. The van der Waals surface area contributed by atoms with Crippen LogP contribution in [0.5, 0.6) is 0 Å². The number of carbonyl (C=O) groups excluding carboxylic acids is 1. The summed E-state index contributed by atoms with van der Waals surface area (Å²) in [6.07, 6.45) is 0.931. The predicted octanol–water partition coefficient (Wildman–Crippen LogP) is 0.906. The molecule has 16 heavy (non-hydrogen) atoms. The number of carboxylic acids is 1. The minimum absolute atomic E-state index is 0.0516. The lowest BCUT2D eigenvalue weighted by Gasteiger charge is -2.16. The summed E-state index contributed by atoms with van der Waals surface area (Å²) >= 11 is 0. The maximum absolute atomic E-state index is 11.0. The number of hydrogen-bond donors (Lipinski definition) is 2. The van der Waals surface area contributed by atoms with Crippen LogP contribution in [0.3, 0.4) is 0 Å². The number of methoxy groups -OCH3 is 1. The summed E-state index contributed by atoms with van der Waals surface area (Å²) in [5.74, 6) is -1.11. The van der Waals surface area contributed by atoms with Crippen molar-refractivity contribution in [2.75, 3.05) is 7.11 Å². The van der Waals surface area contributed by atoms with Gasteiger partial charge in [0.15, 0.2) is 0 Å². The zero-order valence-corrected chi connectivity index (χ0v) is 9.74. The average Bonchev–Trinajstić information content (AvgIpc) is 2.51. The van der Waals surface area contributed by atoms with E-state index in [1.165, 1.54) is 7.11 Å². The third-order valence-corrected chi connectivity index (χ3v) is 3.03. The van der Waals surface area contributed by atoms with Crippen molar-refractivity contribution in [2.45, 2.75) is 32.7 Å². The van der Waals surface area contributed by atoms with Gasteiger partial charge in [-0.1, -0.05) is 0 Å². The third kappa shape index (κ3) is 2.53. The number of carboxylic acid groups (broad SMARTS) is 1. The van der Waals surface area contributed by atoms with E-state index in [0.29, 0.717) is 12.8 Å². The number of ether oxygens (including phenoxy) is 1. The molecule has 5 heteroatoms. The third-order valence-electron chi connectivity index (χ3n) is 3.03. The van der Waals surface area contributed by atoms with Gasteiger partial charge in [0.2, 0.25) is 0 Å². The van der Waals surface area contributed by atoms with Gasteiger partial charge < -0.3 is 15.2 Å². The maximum Gasteiger partial charge on any atom is 0.351 e. The van der Waals surface area contributed by atoms with Gasteiger partial charge in [0.1, 0.15) is 5.70 Å². The fraction of sp³-hybridized carbons (Fsp3) is 0.636. The Morgan fingerprint density at radius 1 is 1.50 bits per heavy atom. The Hall–Kier alpha value is -1.52. The molecule has 0 bridgehead atoms. The summed E-state index contributed by atoms with van der Waals surface area (Å²) in [4.78, 5) is 21.9. The summed E-state index contributed by atoms with van der Waals surface area (Å²) < 4.78 is 4.56. The van der Waals surface area contributed by atoms with Gasteiger partial charge >= 0.3 is 11.9 Å². The molecule has 2 N–H and O–H groups in total. The van der Waals surface area contributed by atoms with Crippen molar-refractivity contribution in [1.82, 2.24) is 5.32 Å². The van der Waals surface area contributed by atoms with Crippen LogP contribution in [0.25, 0.3) is 0 Å². The van der Waals surface area contributed by atoms with E-state index in [2.05, 4.69) is 10.1 Å². The number of nitrogens with one attached hydrogen (secondary N) is 1. The van der Waals surface area contributed by atoms with Crippen molar-refractivity contribution in [2.24, 2.45) is 5.92 Å². The smallest absolute Gasteiger partial charge is 0.351 e. The second kappa shape index (κ2) is 5.01. The van der Waals surface area contributed by atoms with Crippen LogP contribution in [-0.4, -0.2) is 30.2 Å². The summed E-state index contributed by atoms with van der Waals surface area (Å²) in [6, 6.07) is 0.0516. The molecule has 5 nitrogen and oxygen atoms in total. The topological polar surface area (TPSA) is 75.6 Å². The minimum atomic E-state index is -0.940. The first-order valence-corrected chi connectivity index (χ1v) is 5.24. The zero-order chi connectivity index (χ0) is 12.3. The van der Waals surface area contributed by atoms with Gasteiger partial charge in [0, 0.05) is 18.4 Å². The van der Waals surface area contributed by atoms with Gasteiger partial charge in [0.25, 0.3) is 0 Å². The first-order valence-electron chi connectivity index (χ1n) is 5.24. The van der Waals surface area contributed by atoms with E-state index in [0.717, 1.165) is 5.57 Å². The fourth-order valence-electron chi connectivity index (χ4n) is 2.07. The molecule has 0 radical (unpaired) electrons. The molecule has 0 amide bonds. The van der Waals surface area contributed by atoms with Gasteiger partial charge in [-0.3, -0.25) is 4.79 Å². The van der Waals surface area contributed by atoms with Crippen molar-refractivity contribution in [3.63, 3.8) is 0 Å². The Balaban J connectivity index is 2.66. The van der Waals surface area contributed by atoms with Crippen LogP contribution >= 0.6 is 0 Å². The lowest BCUT2D eigenvalue weighted by molar-refractivity contribution is -0.141. The molecule has 0 saturated carbocycles. The number of aliphatic carboxylic acids is 1. The van der Waals surface area contributed by atoms with Crippen molar-refractivity contribution in [3.8, 4) is 0 Å². The second-order valence-electron chi connectivity index (χ2n) is 4.02. The van der Waals surface area contributed by atoms with Crippen LogP contribution in [0.1, 0.15) is 26.7 Å². The highest BCUT2D eigenvalue weighted by Gasteiger charge is 2.32. The highest BCUT2D eigenvalue weighted by Crippen LogP contribution is 2.29. The SMILES string of the molecule is COC(=O)CCC1C(C)=C(C(=O)O)NC1C. The molecule has 0 fully saturated rings. The molecule has 90 valence electrons. The van der Waals surface area contributed by atoms with Gasteiger partial charge in [-0.2, -0.15) is 0 Å². The molecule has 2 atom stereocenters. The van der Waals surface area contributed by atoms with Crippen LogP contribution < -0.4 is 5.32 Å². The fourth-order valence-corrected chi connectivity index (χ4v) is 2.07. The van der Waals surface area contributed by atoms with Gasteiger partial charge in [-0.05, 0) is 25.8 Å². The van der Waals surface area contributed by atoms with Crippen molar-refractivity contribution < 1.29 is 19.4 Å². The van der Waals surface area contributed by atoms with Crippen LogP contribution in [0.4, 0.5) is 0 Å². The van der Waals surface area contributed by atoms with Crippen molar-refractivity contribution in [3.05, 3.63) is 11.3 Å². The summed E-state index contributed by atoms with van der Waals surface area (Å²) in [5, 5.41) is 11.9. The molecule has 0 saturated heterocycles. The second-order valence-corrected chi connectivity index (χ2v) is 4.02. The molecule has 1 heterocycles. The standard InChI is InChI=1S/C11H17NO4/c1-6-8(4-5-9(13)16-3)7(2)12-10(6)11(14)15/h7-8,12H,4-5H2,1-3H3,(H,14,15). The zero-order valence-electron chi connectivity index (χ0n) is 9.74. The van der Waals surface area contributed by atoms with Crippen LogP contribution in [-0.2, 0) is 14.3 Å². The maximum atomic E-state index is 11.0. The molecular weight excluding hydrogens is 210 g/mol. The molecule has 2 unspecified atom stereocenters. The molecule has 0 aromatic heterocycles. The first kappa shape index (κ1) is 12.5. The number of rotatable bonds is 4. The molecule has 1 aliphatic heterocycles. The van der Waals surface area contributed by atoms with Crippen LogP contribution in [0.2, 0.25) is 0 Å². The molecule has 1 aliphatic rings. The van der Waals surface area contributed by atoms with E-state index in [-0.39, 0.29) is 23.6 Å². The van der Waals surface area contributed by atoms with Gasteiger partial charge in [-0.15, -0.1) is 0 Å². The Morgan fingerprint density at radius 3 is 2.56 bits per heavy atom. The van der Waals surface area contributed by atoms with Crippen LogP contribution in [0.15, 0.2) is 11.3 Å². The normalized spacial score (nSPS) is 24.2. The molecule has 1 rings (SSSR count). The quantitative estimate of drug-likeness (QED) is 0.698. The van der Waals surface area contributed by atoms with E-state index in [1.807, 2.05) is 6.92 Å². The first-order chi connectivity index (χ1) is 7.47. The Bertz CT molecular complexity index is 335. The van der Waals surface area contributed by atoms with Crippen molar-refractivity contribution >= 4 is 11.9 Å². The summed E-state index contributed by atoms with van der Waals surface area (Å²) in [5.41, 5.74) is 1.08.